The Labute approximate surface area is 296 Å². The van der Waals surface area contributed by atoms with Crippen LogP contribution in [0.3, 0.4) is 0 Å². The van der Waals surface area contributed by atoms with E-state index in [1.165, 1.54) is 30.3 Å². The molecule has 50 heavy (non-hydrogen) atoms. The molecule has 2 aliphatic rings. The Balaban J connectivity index is 1.65. The maximum atomic E-state index is 11.9. The van der Waals surface area contributed by atoms with Crippen LogP contribution in [0.5, 0.6) is 0 Å². The lowest BCUT2D eigenvalue weighted by molar-refractivity contribution is -0.432. The van der Waals surface area contributed by atoms with Crippen molar-refractivity contribution in [2.45, 2.75) is 55.2 Å². The van der Waals surface area contributed by atoms with E-state index in [1.54, 1.807) is 22.8 Å². The molecule has 2 heterocycles. The van der Waals surface area contributed by atoms with Gasteiger partial charge in [-0.2, -0.15) is 29.8 Å². The molecule has 4 rings (SSSR count). The van der Waals surface area contributed by atoms with Crippen LogP contribution in [-0.2, 0) is 50.6 Å². The molecule has 272 valence electrons. The largest absolute Gasteiger partial charge is 0.343 e. The molecule has 0 amide bonds. The Bertz CT molecular complexity index is 2150. The van der Waals surface area contributed by atoms with Crippen LogP contribution in [0.25, 0.3) is 0 Å². The van der Waals surface area contributed by atoms with E-state index < -0.39 is 46.9 Å². The van der Waals surface area contributed by atoms with Crippen LogP contribution in [0.1, 0.15) is 45.7 Å². The van der Waals surface area contributed by atoms with E-state index in [0.717, 1.165) is 29.0 Å². The van der Waals surface area contributed by atoms with Crippen molar-refractivity contribution in [2.24, 2.45) is 0 Å². The zero-order chi connectivity index (χ0) is 37.3. The summed E-state index contributed by atoms with van der Waals surface area (Å²) < 4.78 is 106. The van der Waals surface area contributed by atoms with Gasteiger partial charge in [0.25, 0.3) is 30.4 Å². The summed E-state index contributed by atoms with van der Waals surface area (Å²) >= 11 is 0.877. The van der Waals surface area contributed by atoms with Gasteiger partial charge < -0.3 is 4.90 Å². The molecule has 0 aromatic heterocycles. The number of fused-ring (bicyclic) bond motifs is 2. The monoisotopic (exact) mass is 771 g/mol. The molecule has 0 bridgehead atoms. The van der Waals surface area contributed by atoms with Gasteiger partial charge in [0.15, 0.2) is 12.3 Å². The van der Waals surface area contributed by atoms with Gasteiger partial charge in [-0.25, -0.2) is 5.26 Å². The molecule has 2 aliphatic heterocycles. The molecule has 18 heteroatoms. The van der Waals surface area contributed by atoms with Crippen LogP contribution in [0, 0.1) is 0 Å². The van der Waals surface area contributed by atoms with E-state index in [2.05, 4.69) is 9.37 Å². The van der Waals surface area contributed by atoms with Crippen molar-refractivity contribution >= 4 is 59.5 Å². The zero-order valence-corrected chi connectivity index (χ0v) is 31.1. The van der Waals surface area contributed by atoms with Gasteiger partial charge in [-0.15, -0.1) is 4.33 Å². The molecule has 0 saturated carbocycles. The second-order valence-corrected chi connectivity index (χ2v) is 17.9. The van der Waals surface area contributed by atoms with Crippen molar-refractivity contribution < 1.29 is 58.1 Å². The minimum Gasteiger partial charge on any atom is -0.343 e. The maximum Gasteiger partial charge on any atom is 0.294 e. The van der Waals surface area contributed by atoms with Crippen LogP contribution < -0.4 is 4.90 Å². The Morgan fingerprint density at radius 1 is 0.900 bits per heavy atom. The Kier molecular flexibility index (Phi) is 11.7. The standard InChI is InChI=1S/C32H38N2O12S4/c1-22(8-6-10-29-31(2,3)25-20-23(49(39,40)41)12-14-27(25)33(29)16-18-47-46-45-35)9-7-11-30-32(4,5)26-21-24(50(42,43)44)13-15-28(26)34(30)17-19-48(36,37)38/h6-15,20-21H,16-19H2,1-5H3,(H3-,35,36,37,38,39,40,41,42,43,44)/p+1. The first-order chi connectivity index (χ1) is 23.1. The first-order valence-corrected chi connectivity index (χ1v) is 20.4. The smallest absolute Gasteiger partial charge is 0.294 e. The minimum atomic E-state index is -4.49. The molecule has 0 spiro atoms. The minimum absolute atomic E-state index is 0.103. The second kappa shape index (κ2) is 14.8. The average Bonchev–Trinajstić information content (AvgIpc) is 3.35. The number of allylic oxidation sites excluding steroid dienone is 8. The second-order valence-electron chi connectivity index (χ2n) is 12.7. The number of anilines is 1. The normalized spacial score (nSPS) is 18.5. The van der Waals surface area contributed by atoms with Gasteiger partial charge in [-0.1, -0.05) is 48.8 Å². The summed E-state index contributed by atoms with van der Waals surface area (Å²) in [5, 5.41) is 12.2. The summed E-state index contributed by atoms with van der Waals surface area (Å²) in [5.74, 6) is -0.195. The molecule has 0 aliphatic carbocycles. The quantitative estimate of drug-likeness (QED) is 0.0368. The molecule has 4 N–H and O–H groups in total. The lowest BCUT2D eigenvalue weighted by Crippen LogP contribution is -2.29. The van der Waals surface area contributed by atoms with Gasteiger partial charge in [0.2, 0.25) is 5.69 Å². The first kappa shape index (κ1) is 39.6. The fourth-order valence-corrected chi connectivity index (χ4v) is 7.94. The van der Waals surface area contributed by atoms with Crippen molar-refractivity contribution in [3.63, 3.8) is 0 Å². The first-order valence-electron chi connectivity index (χ1n) is 15.0. The predicted octanol–water partition coefficient (Wildman–Crippen LogP) is 5.25. The van der Waals surface area contributed by atoms with Crippen molar-refractivity contribution in [1.29, 1.82) is 0 Å². The Hall–Kier alpha value is -3.17. The number of rotatable bonds is 14. The maximum absolute atomic E-state index is 11.9. The summed E-state index contributed by atoms with van der Waals surface area (Å²) in [4.78, 5) is 1.46. The van der Waals surface area contributed by atoms with E-state index in [1.807, 2.05) is 63.8 Å². The molecule has 0 radical (unpaired) electrons. The highest BCUT2D eigenvalue weighted by molar-refractivity contribution is 7.94. The van der Waals surface area contributed by atoms with Crippen LogP contribution in [0.4, 0.5) is 11.4 Å². The number of nitrogens with zero attached hydrogens (tertiary/aromatic N) is 2. The molecule has 2 aromatic rings. The average molecular weight is 772 g/mol. The predicted molar refractivity (Wildman–Crippen MR) is 189 cm³/mol. The highest BCUT2D eigenvalue weighted by Gasteiger charge is 2.45. The van der Waals surface area contributed by atoms with E-state index in [9.17, 15) is 38.9 Å². The molecule has 0 saturated heterocycles. The third-order valence-corrected chi connectivity index (χ3v) is 11.5. The van der Waals surface area contributed by atoms with Gasteiger partial charge in [-0.3, -0.25) is 13.7 Å². The van der Waals surface area contributed by atoms with Gasteiger partial charge in [0.1, 0.15) is 5.75 Å². The van der Waals surface area contributed by atoms with Crippen molar-refractivity contribution in [2.75, 3.05) is 29.5 Å². The van der Waals surface area contributed by atoms with Crippen LogP contribution >= 0.6 is 12.0 Å². The molecule has 0 atom stereocenters. The highest BCUT2D eigenvalue weighted by Crippen LogP contribution is 2.48. The number of hydrogen-bond donors (Lipinski definition) is 4. The van der Waals surface area contributed by atoms with Gasteiger partial charge in [0.05, 0.1) is 15.2 Å². The van der Waals surface area contributed by atoms with E-state index in [4.69, 9.17) is 5.26 Å². The molecule has 14 nitrogen and oxygen atoms in total. The summed E-state index contributed by atoms with van der Waals surface area (Å²) in [5.41, 5.74) is 3.33. The fraction of sp³-hybridized carbons (Fsp3) is 0.344. The number of benzene rings is 2. The van der Waals surface area contributed by atoms with Crippen LogP contribution in [-0.4, -0.2) is 79.1 Å². The van der Waals surface area contributed by atoms with Crippen molar-refractivity contribution in [3.8, 4) is 0 Å². The molecular formula is C32H39N2O12S4+. The summed E-state index contributed by atoms with van der Waals surface area (Å²) in [7, 11) is -13.2. The lowest BCUT2D eigenvalue weighted by Gasteiger charge is -2.26. The molecular weight excluding hydrogens is 733 g/mol. The summed E-state index contributed by atoms with van der Waals surface area (Å²) in [6, 6.07) is 8.47. The topological polar surface area (TPSA) is 208 Å². The third kappa shape index (κ3) is 8.82. The molecule has 0 fully saturated rings. The molecule has 2 aromatic carbocycles. The Morgan fingerprint density at radius 3 is 2.12 bits per heavy atom. The number of hydrogen-bond acceptors (Lipinski definition) is 11. The van der Waals surface area contributed by atoms with E-state index in [-0.39, 0.29) is 16.3 Å². The van der Waals surface area contributed by atoms with Crippen LogP contribution in [0.2, 0.25) is 0 Å². The summed E-state index contributed by atoms with van der Waals surface area (Å²) in [6.07, 6.45) is 10.9. The highest BCUT2D eigenvalue weighted by atomic mass is 32.2. The van der Waals surface area contributed by atoms with Crippen LogP contribution in [0.15, 0.2) is 93.9 Å². The lowest BCUT2D eigenvalue weighted by atomic mass is 9.81. The van der Waals surface area contributed by atoms with E-state index in [0.29, 0.717) is 34.8 Å². The van der Waals surface area contributed by atoms with Gasteiger partial charge >= 0.3 is 0 Å². The van der Waals surface area contributed by atoms with Crippen molar-refractivity contribution in [3.05, 3.63) is 95.3 Å². The van der Waals surface area contributed by atoms with Gasteiger partial charge in [-0.05, 0) is 62.7 Å². The fourth-order valence-electron chi connectivity index (χ4n) is 6.14. The molecule has 0 unspecified atom stereocenters. The van der Waals surface area contributed by atoms with Crippen molar-refractivity contribution in [1.82, 2.24) is 0 Å². The summed E-state index contributed by atoms with van der Waals surface area (Å²) in [6.45, 7) is 9.69. The third-order valence-electron chi connectivity index (χ3n) is 8.60. The Morgan fingerprint density at radius 2 is 1.52 bits per heavy atom. The SMILES string of the molecule is CC(/C=C/C=C1/N(CCSOOO)c2ccc(S(=O)(=O)O)cc2C1(C)C)=C\C=C\C1=[N+](CCS(=O)(=O)O)c2ccc(S(=O)(=O)O)cc2C1(C)C. The van der Waals surface area contributed by atoms with E-state index >= 15 is 0 Å². The zero-order valence-electron chi connectivity index (χ0n) is 27.8. The van der Waals surface area contributed by atoms with Gasteiger partial charge in [0, 0.05) is 58.8 Å².